The number of hydrogen-bond donors (Lipinski definition) is 0. The summed E-state index contributed by atoms with van der Waals surface area (Å²) in [6, 6.07) is 4.77. The van der Waals surface area contributed by atoms with Gasteiger partial charge in [0.1, 0.15) is 11.6 Å². The highest BCUT2D eigenvalue weighted by Gasteiger charge is 2.62. The van der Waals surface area contributed by atoms with E-state index in [0.29, 0.717) is 17.9 Å². The van der Waals surface area contributed by atoms with E-state index < -0.39 is 0 Å². The summed E-state index contributed by atoms with van der Waals surface area (Å²) in [5, 5.41) is 0. The molecule has 4 atom stereocenters. The molecule has 4 nitrogen and oxygen atoms in total. The summed E-state index contributed by atoms with van der Waals surface area (Å²) in [5.74, 6) is 1.78. The lowest BCUT2D eigenvalue weighted by molar-refractivity contribution is 0.00139. The number of fused-ring (bicyclic) bond motifs is 1. The molecule has 1 aromatic rings. The van der Waals surface area contributed by atoms with Gasteiger partial charge in [-0.15, -0.1) is 0 Å². The van der Waals surface area contributed by atoms with Crippen molar-refractivity contribution in [1.82, 2.24) is 9.80 Å². The van der Waals surface area contributed by atoms with Crippen LogP contribution < -0.4 is 4.74 Å². The van der Waals surface area contributed by atoms with Crippen LogP contribution in [0.4, 0.5) is 4.39 Å². The molecule has 24 heavy (non-hydrogen) atoms. The second-order valence-electron chi connectivity index (χ2n) is 7.92. The molecule has 132 valence electrons. The topological polar surface area (TPSA) is 24.9 Å². The first-order valence-electron chi connectivity index (χ1n) is 8.88. The first-order chi connectivity index (χ1) is 11.5. The Kier molecular flexibility index (Phi) is 4.06. The Balaban J connectivity index is 1.51. The van der Waals surface area contributed by atoms with Gasteiger partial charge in [-0.1, -0.05) is 0 Å². The molecule has 0 saturated carbocycles. The summed E-state index contributed by atoms with van der Waals surface area (Å²) in [6.07, 6.45) is 2.79. The monoisotopic (exact) mass is 334 g/mol. The van der Waals surface area contributed by atoms with Crippen LogP contribution in [0.1, 0.15) is 18.4 Å². The predicted octanol–water partition coefficient (Wildman–Crippen LogP) is 2.38. The lowest BCUT2D eigenvalue weighted by Crippen LogP contribution is -2.40. The first kappa shape index (κ1) is 16.3. The highest BCUT2D eigenvalue weighted by molar-refractivity contribution is 5.34. The number of likely N-dealkylation sites (tertiary alicyclic amines) is 1. The second kappa shape index (κ2) is 5.97. The Hall–Kier alpha value is -1.17. The molecule has 1 aromatic carbocycles. The van der Waals surface area contributed by atoms with Crippen molar-refractivity contribution < 1.29 is 13.9 Å². The molecule has 4 rings (SSSR count). The lowest BCUT2D eigenvalue weighted by atomic mass is 9.73. The molecule has 3 fully saturated rings. The third kappa shape index (κ3) is 2.63. The van der Waals surface area contributed by atoms with Gasteiger partial charge in [0.05, 0.1) is 18.8 Å². The van der Waals surface area contributed by atoms with Crippen LogP contribution in [0, 0.1) is 17.7 Å². The standard InChI is InChI=1S/C19H27FN2O2/c1-21(2)10-15-16-11-22(12-19(16)7-6-18(15)24-19)9-13-8-14(20)4-5-17(13)23-3/h4-5,8,15-16,18H,6-7,9-12H2,1-3H3/t15-,16+,18+,19+/m0/s1. The van der Waals surface area contributed by atoms with E-state index in [4.69, 9.17) is 9.47 Å². The van der Waals surface area contributed by atoms with Crippen molar-refractivity contribution in [3.63, 3.8) is 0 Å². The average molecular weight is 334 g/mol. The van der Waals surface area contributed by atoms with Crippen molar-refractivity contribution in [2.24, 2.45) is 11.8 Å². The van der Waals surface area contributed by atoms with Crippen molar-refractivity contribution in [3.05, 3.63) is 29.6 Å². The van der Waals surface area contributed by atoms with Gasteiger partial charge in [-0.2, -0.15) is 0 Å². The number of hydrogen-bond acceptors (Lipinski definition) is 4. The third-order valence-corrected chi connectivity index (χ3v) is 6.07. The minimum atomic E-state index is -0.203. The van der Waals surface area contributed by atoms with Crippen LogP contribution in [-0.4, -0.2) is 62.3 Å². The maximum Gasteiger partial charge on any atom is 0.123 e. The maximum absolute atomic E-state index is 13.6. The third-order valence-electron chi connectivity index (χ3n) is 6.07. The number of nitrogens with zero attached hydrogens (tertiary/aromatic N) is 2. The molecule has 3 saturated heterocycles. The summed E-state index contributed by atoms with van der Waals surface area (Å²) >= 11 is 0. The fraction of sp³-hybridized carbons (Fsp3) is 0.684. The minimum Gasteiger partial charge on any atom is -0.496 e. The summed E-state index contributed by atoms with van der Waals surface area (Å²) in [7, 11) is 5.93. The molecule has 3 aliphatic rings. The Morgan fingerprint density at radius 2 is 2.25 bits per heavy atom. The molecule has 0 aliphatic carbocycles. The molecular formula is C19H27FN2O2. The zero-order valence-electron chi connectivity index (χ0n) is 14.8. The number of methoxy groups -OCH3 is 1. The Bertz CT molecular complexity index is 623. The molecule has 0 N–H and O–H groups in total. The van der Waals surface area contributed by atoms with Crippen molar-refractivity contribution in [1.29, 1.82) is 0 Å². The summed E-state index contributed by atoms with van der Waals surface area (Å²) in [6.45, 7) is 3.81. The molecule has 5 heteroatoms. The van der Waals surface area contributed by atoms with Crippen LogP contribution in [0.25, 0.3) is 0 Å². The van der Waals surface area contributed by atoms with Gasteiger partial charge in [-0.3, -0.25) is 4.90 Å². The average Bonchev–Trinajstić information content (AvgIpc) is 3.16. The van der Waals surface area contributed by atoms with E-state index in [1.807, 2.05) is 0 Å². The maximum atomic E-state index is 13.6. The van der Waals surface area contributed by atoms with Crippen molar-refractivity contribution >= 4 is 0 Å². The highest BCUT2D eigenvalue weighted by atomic mass is 19.1. The number of halogens is 1. The molecular weight excluding hydrogens is 307 g/mol. The smallest absolute Gasteiger partial charge is 0.123 e. The summed E-state index contributed by atoms with van der Waals surface area (Å²) in [4.78, 5) is 4.70. The van der Waals surface area contributed by atoms with Gasteiger partial charge < -0.3 is 14.4 Å². The second-order valence-corrected chi connectivity index (χ2v) is 7.92. The summed E-state index contributed by atoms with van der Waals surface area (Å²) < 4.78 is 25.5. The zero-order chi connectivity index (χ0) is 16.9. The number of rotatable bonds is 5. The molecule has 3 heterocycles. The predicted molar refractivity (Wildman–Crippen MR) is 90.6 cm³/mol. The van der Waals surface area contributed by atoms with Crippen LogP contribution >= 0.6 is 0 Å². The highest BCUT2D eigenvalue weighted by Crippen LogP contribution is 2.55. The molecule has 0 radical (unpaired) electrons. The van der Waals surface area contributed by atoms with Gasteiger partial charge in [0.25, 0.3) is 0 Å². The van der Waals surface area contributed by atoms with Gasteiger partial charge >= 0.3 is 0 Å². The normalized spacial score (nSPS) is 35.0. The SMILES string of the molecule is COc1ccc(F)cc1CN1C[C@@H]2[C@H](CN(C)C)[C@H]3CC[C@]2(C1)O3. The van der Waals surface area contributed by atoms with E-state index in [0.717, 1.165) is 37.5 Å². The molecule has 0 amide bonds. The van der Waals surface area contributed by atoms with E-state index in [1.54, 1.807) is 19.2 Å². The quantitative estimate of drug-likeness (QED) is 0.825. The van der Waals surface area contributed by atoms with Crippen LogP contribution in [-0.2, 0) is 11.3 Å². The van der Waals surface area contributed by atoms with Crippen molar-refractivity contribution in [3.8, 4) is 5.75 Å². The van der Waals surface area contributed by atoms with E-state index in [2.05, 4.69) is 23.9 Å². The Morgan fingerprint density at radius 1 is 1.42 bits per heavy atom. The van der Waals surface area contributed by atoms with E-state index >= 15 is 0 Å². The lowest BCUT2D eigenvalue weighted by Gasteiger charge is -2.31. The van der Waals surface area contributed by atoms with Gasteiger partial charge in [0.2, 0.25) is 0 Å². The number of ether oxygens (including phenoxy) is 2. The van der Waals surface area contributed by atoms with Gasteiger partial charge in [0, 0.05) is 43.6 Å². The van der Waals surface area contributed by atoms with Gasteiger partial charge in [-0.05, 0) is 45.1 Å². The van der Waals surface area contributed by atoms with Gasteiger partial charge in [0.15, 0.2) is 0 Å². The molecule has 1 spiro atoms. The van der Waals surface area contributed by atoms with Crippen molar-refractivity contribution in [2.75, 3.05) is 40.8 Å². The first-order valence-corrected chi connectivity index (χ1v) is 8.88. The Morgan fingerprint density at radius 3 is 3.00 bits per heavy atom. The van der Waals surface area contributed by atoms with E-state index in [9.17, 15) is 4.39 Å². The largest absolute Gasteiger partial charge is 0.496 e. The zero-order valence-corrected chi connectivity index (χ0v) is 14.8. The molecule has 0 aromatic heterocycles. The van der Waals surface area contributed by atoms with Crippen LogP contribution in [0.2, 0.25) is 0 Å². The van der Waals surface area contributed by atoms with Crippen LogP contribution in [0.3, 0.4) is 0 Å². The van der Waals surface area contributed by atoms with E-state index in [-0.39, 0.29) is 11.4 Å². The molecule has 3 aliphatic heterocycles. The fourth-order valence-electron chi connectivity index (χ4n) is 5.18. The summed E-state index contributed by atoms with van der Waals surface area (Å²) in [5.41, 5.74) is 0.957. The minimum absolute atomic E-state index is 0.0336. The Labute approximate surface area is 143 Å². The van der Waals surface area contributed by atoms with E-state index in [1.165, 1.54) is 18.9 Å². The number of benzene rings is 1. The fourth-order valence-corrected chi connectivity index (χ4v) is 5.18. The van der Waals surface area contributed by atoms with Crippen molar-refractivity contribution in [2.45, 2.75) is 31.1 Å². The van der Waals surface area contributed by atoms with Crippen LogP contribution in [0.15, 0.2) is 18.2 Å². The van der Waals surface area contributed by atoms with Crippen LogP contribution in [0.5, 0.6) is 5.75 Å². The van der Waals surface area contributed by atoms with Gasteiger partial charge in [-0.25, -0.2) is 4.39 Å². The molecule has 0 unspecified atom stereocenters. The molecule has 2 bridgehead atoms.